The molecule has 5 heteroatoms. The van der Waals surface area contributed by atoms with E-state index in [1.807, 2.05) is 0 Å². The summed E-state index contributed by atoms with van der Waals surface area (Å²) in [5, 5.41) is 7.66. The van der Waals surface area contributed by atoms with Gasteiger partial charge in [0.25, 0.3) is 0 Å². The van der Waals surface area contributed by atoms with Gasteiger partial charge in [-0.15, -0.1) is 5.10 Å². The number of rotatable bonds is 3. The first-order valence-electron chi connectivity index (χ1n) is 7.97. The van der Waals surface area contributed by atoms with Crippen molar-refractivity contribution in [3.8, 4) is 0 Å². The first-order valence-corrected chi connectivity index (χ1v) is 7.97. The molecule has 0 aromatic carbocycles. The van der Waals surface area contributed by atoms with Crippen LogP contribution in [0.1, 0.15) is 57.7 Å². The lowest BCUT2D eigenvalue weighted by atomic mass is 9.81. The Labute approximate surface area is 121 Å². The maximum Gasteiger partial charge on any atom is 0.244 e. The zero-order valence-corrected chi connectivity index (χ0v) is 12.7. The molecule has 1 aromatic heterocycles. The van der Waals surface area contributed by atoms with Crippen molar-refractivity contribution in [1.82, 2.24) is 15.2 Å². The SMILES string of the molecule is CC1(C)CCCC1c1nc(N2CCC(CN)CC2)n[nH]1. The van der Waals surface area contributed by atoms with Crippen LogP contribution in [0.25, 0.3) is 0 Å². The van der Waals surface area contributed by atoms with Crippen LogP contribution in [0.15, 0.2) is 0 Å². The van der Waals surface area contributed by atoms with Gasteiger partial charge in [-0.2, -0.15) is 4.98 Å². The molecule has 2 aliphatic rings. The van der Waals surface area contributed by atoms with Gasteiger partial charge in [-0.1, -0.05) is 20.3 Å². The molecule has 1 atom stereocenters. The Hall–Kier alpha value is -1.10. The van der Waals surface area contributed by atoms with Crippen molar-refractivity contribution < 1.29 is 0 Å². The zero-order valence-electron chi connectivity index (χ0n) is 12.7. The zero-order chi connectivity index (χ0) is 14.2. The van der Waals surface area contributed by atoms with Gasteiger partial charge in [-0.3, -0.25) is 5.10 Å². The number of aromatic nitrogens is 3. The third kappa shape index (κ3) is 2.55. The third-order valence-corrected chi connectivity index (χ3v) is 5.31. The van der Waals surface area contributed by atoms with Gasteiger partial charge >= 0.3 is 0 Å². The fraction of sp³-hybridized carbons (Fsp3) is 0.867. The Balaban J connectivity index is 1.68. The highest BCUT2D eigenvalue weighted by Gasteiger charge is 2.37. The normalized spacial score (nSPS) is 27.1. The molecule has 1 saturated carbocycles. The van der Waals surface area contributed by atoms with Gasteiger partial charge in [0.2, 0.25) is 5.95 Å². The standard InChI is InChI=1S/C15H27N5/c1-15(2)7-3-4-12(15)13-17-14(19-18-13)20-8-5-11(10-16)6-9-20/h11-12H,3-10,16H2,1-2H3,(H,17,18,19). The highest BCUT2D eigenvalue weighted by Crippen LogP contribution is 2.47. The van der Waals surface area contributed by atoms with Crippen LogP contribution in [0.5, 0.6) is 0 Å². The van der Waals surface area contributed by atoms with E-state index in [0.717, 1.165) is 44.2 Å². The lowest BCUT2D eigenvalue weighted by molar-refractivity contribution is 0.322. The molecule has 1 aliphatic carbocycles. The van der Waals surface area contributed by atoms with Crippen LogP contribution in [-0.2, 0) is 0 Å². The van der Waals surface area contributed by atoms with E-state index in [-0.39, 0.29) is 0 Å². The van der Waals surface area contributed by atoms with E-state index in [1.54, 1.807) is 0 Å². The minimum absolute atomic E-state index is 0.351. The predicted octanol–water partition coefficient (Wildman–Crippen LogP) is 2.27. The number of anilines is 1. The van der Waals surface area contributed by atoms with E-state index in [9.17, 15) is 0 Å². The topological polar surface area (TPSA) is 70.8 Å². The fourth-order valence-corrected chi connectivity index (χ4v) is 3.76. The second kappa shape index (κ2) is 5.35. The summed E-state index contributed by atoms with van der Waals surface area (Å²) in [5.41, 5.74) is 6.10. The van der Waals surface area contributed by atoms with E-state index in [0.29, 0.717) is 17.3 Å². The first kappa shape index (κ1) is 13.9. The van der Waals surface area contributed by atoms with E-state index in [1.165, 1.54) is 19.3 Å². The van der Waals surface area contributed by atoms with Gasteiger partial charge in [-0.05, 0) is 43.6 Å². The van der Waals surface area contributed by atoms with Gasteiger partial charge in [-0.25, -0.2) is 0 Å². The minimum Gasteiger partial charge on any atom is -0.340 e. The van der Waals surface area contributed by atoms with Crippen LogP contribution in [0.3, 0.4) is 0 Å². The Bertz CT molecular complexity index is 445. The summed E-state index contributed by atoms with van der Waals surface area (Å²) in [6, 6.07) is 0. The van der Waals surface area contributed by atoms with Crippen molar-refractivity contribution >= 4 is 5.95 Å². The highest BCUT2D eigenvalue weighted by molar-refractivity contribution is 5.30. The second-order valence-corrected chi connectivity index (χ2v) is 7.12. The fourth-order valence-electron chi connectivity index (χ4n) is 3.76. The molecule has 1 saturated heterocycles. The van der Waals surface area contributed by atoms with E-state index in [2.05, 4.69) is 28.9 Å². The Kier molecular flexibility index (Phi) is 3.71. The molecule has 0 spiro atoms. The van der Waals surface area contributed by atoms with Crippen molar-refractivity contribution in [2.75, 3.05) is 24.5 Å². The molecular weight excluding hydrogens is 250 g/mol. The van der Waals surface area contributed by atoms with Crippen LogP contribution in [0.2, 0.25) is 0 Å². The van der Waals surface area contributed by atoms with E-state index < -0.39 is 0 Å². The van der Waals surface area contributed by atoms with Crippen LogP contribution >= 0.6 is 0 Å². The predicted molar refractivity (Wildman–Crippen MR) is 80.7 cm³/mol. The smallest absolute Gasteiger partial charge is 0.244 e. The molecular formula is C15H27N5. The van der Waals surface area contributed by atoms with Gasteiger partial charge in [0, 0.05) is 19.0 Å². The minimum atomic E-state index is 0.351. The number of hydrogen-bond donors (Lipinski definition) is 2. The van der Waals surface area contributed by atoms with Crippen LogP contribution in [-0.4, -0.2) is 34.8 Å². The van der Waals surface area contributed by atoms with Crippen molar-refractivity contribution in [3.63, 3.8) is 0 Å². The van der Waals surface area contributed by atoms with Gasteiger partial charge < -0.3 is 10.6 Å². The number of H-pyrrole nitrogens is 1. The number of piperidine rings is 1. The lowest BCUT2D eigenvalue weighted by Crippen LogP contribution is -2.36. The molecule has 1 unspecified atom stereocenters. The number of nitrogens with one attached hydrogen (secondary N) is 1. The molecule has 1 aromatic rings. The number of aromatic amines is 1. The molecule has 20 heavy (non-hydrogen) atoms. The third-order valence-electron chi connectivity index (χ3n) is 5.31. The average molecular weight is 277 g/mol. The van der Waals surface area contributed by atoms with Crippen molar-refractivity contribution in [2.24, 2.45) is 17.1 Å². The van der Waals surface area contributed by atoms with Crippen molar-refractivity contribution in [1.29, 1.82) is 0 Å². The Morgan fingerprint density at radius 3 is 2.65 bits per heavy atom. The highest BCUT2D eigenvalue weighted by atomic mass is 15.4. The summed E-state index contributed by atoms with van der Waals surface area (Å²) in [6.45, 7) is 7.57. The maximum atomic E-state index is 5.75. The number of nitrogens with zero attached hydrogens (tertiary/aromatic N) is 3. The molecule has 3 rings (SSSR count). The molecule has 0 amide bonds. The van der Waals surface area contributed by atoms with Crippen molar-refractivity contribution in [3.05, 3.63) is 5.82 Å². The summed E-state index contributed by atoms with van der Waals surface area (Å²) in [4.78, 5) is 7.09. The summed E-state index contributed by atoms with van der Waals surface area (Å²) in [7, 11) is 0. The molecule has 112 valence electrons. The first-order chi connectivity index (χ1) is 9.60. The summed E-state index contributed by atoms with van der Waals surface area (Å²) in [5.74, 6) is 3.19. The van der Waals surface area contributed by atoms with E-state index >= 15 is 0 Å². The van der Waals surface area contributed by atoms with Gasteiger partial charge in [0.1, 0.15) is 5.82 Å². The number of hydrogen-bond acceptors (Lipinski definition) is 4. The van der Waals surface area contributed by atoms with Gasteiger partial charge in [0.05, 0.1) is 0 Å². The maximum absolute atomic E-state index is 5.75. The molecule has 2 heterocycles. The van der Waals surface area contributed by atoms with Crippen LogP contribution < -0.4 is 10.6 Å². The molecule has 2 fully saturated rings. The average Bonchev–Trinajstić information content (AvgIpc) is 3.04. The molecule has 1 aliphatic heterocycles. The van der Waals surface area contributed by atoms with Crippen molar-refractivity contribution in [2.45, 2.75) is 51.9 Å². The largest absolute Gasteiger partial charge is 0.340 e. The quantitative estimate of drug-likeness (QED) is 0.889. The Morgan fingerprint density at radius 2 is 2.05 bits per heavy atom. The molecule has 5 nitrogen and oxygen atoms in total. The number of nitrogens with two attached hydrogens (primary N) is 1. The molecule has 0 bridgehead atoms. The Morgan fingerprint density at radius 1 is 1.30 bits per heavy atom. The summed E-state index contributed by atoms with van der Waals surface area (Å²) >= 11 is 0. The molecule has 0 radical (unpaired) electrons. The monoisotopic (exact) mass is 277 g/mol. The van der Waals surface area contributed by atoms with Crippen LogP contribution in [0, 0.1) is 11.3 Å². The summed E-state index contributed by atoms with van der Waals surface area (Å²) in [6.07, 6.45) is 6.15. The van der Waals surface area contributed by atoms with Crippen LogP contribution in [0.4, 0.5) is 5.95 Å². The summed E-state index contributed by atoms with van der Waals surface area (Å²) < 4.78 is 0. The van der Waals surface area contributed by atoms with E-state index in [4.69, 9.17) is 10.7 Å². The molecule has 3 N–H and O–H groups in total. The lowest BCUT2D eigenvalue weighted by Gasteiger charge is -2.30. The van der Waals surface area contributed by atoms with Gasteiger partial charge in [0.15, 0.2) is 0 Å². The second-order valence-electron chi connectivity index (χ2n) is 7.12.